The quantitative estimate of drug-likeness (QED) is 0.0234. The third-order valence-corrected chi connectivity index (χ3v) is 10.00. The summed E-state index contributed by atoms with van der Waals surface area (Å²) in [4.78, 5) is 33.6. The Morgan fingerprint density at radius 2 is 0.902 bits per heavy atom. The van der Waals surface area contributed by atoms with Crippen molar-refractivity contribution >= 4 is 19.8 Å². The Kier molecular flexibility index (Phi) is 42.2. The van der Waals surface area contributed by atoms with E-state index in [-0.39, 0.29) is 13.0 Å². The minimum atomic E-state index is -4.64. The van der Waals surface area contributed by atoms with E-state index in [9.17, 15) is 19.0 Å². The first-order valence-corrected chi connectivity index (χ1v) is 24.4. The highest BCUT2D eigenvalue weighted by Crippen LogP contribution is 2.43. The number of phosphoric acid groups is 1. The van der Waals surface area contributed by atoms with Crippen molar-refractivity contribution in [2.75, 3.05) is 26.4 Å². The number of ether oxygens (including phenoxy) is 2. The van der Waals surface area contributed by atoms with Crippen LogP contribution in [0.15, 0.2) is 109 Å². The summed E-state index contributed by atoms with van der Waals surface area (Å²) in [6.07, 6.45) is 60.0. The molecule has 0 fully saturated rings. The molecule has 0 rings (SSSR count). The summed E-state index contributed by atoms with van der Waals surface area (Å²) in [6, 6.07) is -1.49. The van der Waals surface area contributed by atoms with Crippen molar-refractivity contribution in [2.45, 2.75) is 167 Å². The molecule has 0 aromatic heterocycles. The van der Waals surface area contributed by atoms with Gasteiger partial charge in [-0.2, -0.15) is 0 Å². The first-order chi connectivity index (χ1) is 29.7. The molecule has 0 aromatic rings. The molecule has 3 atom stereocenters. The van der Waals surface area contributed by atoms with E-state index in [1.165, 1.54) is 25.7 Å². The van der Waals surface area contributed by atoms with Gasteiger partial charge in [-0.25, -0.2) is 4.57 Å². The molecule has 61 heavy (non-hydrogen) atoms. The lowest BCUT2D eigenvalue weighted by Gasteiger charge is -2.20. The van der Waals surface area contributed by atoms with Crippen LogP contribution >= 0.6 is 7.82 Å². The third-order valence-electron chi connectivity index (χ3n) is 9.05. The first kappa shape index (κ1) is 57.6. The van der Waals surface area contributed by atoms with Gasteiger partial charge in [0.1, 0.15) is 12.1 Å². The number of unbranched alkanes of at least 4 members (excludes halogenated alkanes) is 10. The maximum atomic E-state index is 12.7. The highest BCUT2D eigenvalue weighted by atomic mass is 31.2. The van der Waals surface area contributed by atoms with E-state index in [0.29, 0.717) is 13.0 Å². The zero-order chi connectivity index (χ0) is 44.8. The summed E-state index contributed by atoms with van der Waals surface area (Å²) in [5.41, 5.74) is 5.36. The minimum absolute atomic E-state index is 0.0122. The van der Waals surface area contributed by atoms with Crippen LogP contribution < -0.4 is 5.73 Å². The van der Waals surface area contributed by atoms with Crippen molar-refractivity contribution in [3.05, 3.63) is 109 Å². The number of hydrogen-bond acceptors (Lipinski definition) is 8. The van der Waals surface area contributed by atoms with Crippen LogP contribution in [0, 0.1) is 0 Å². The molecule has 11 heteroatoms. The van der Waals surface area contributed by atoms with Crippen LogP contribution in [-0.4, -0.2) is 60.5 Å². The molecular weight excluding hydrogens is 790 g/mol. The number of esters is 1. The molecule has 346 valence electrons. The molecule has 0 heterocycles. The van der Waals surface area contributed by atoms with Crippen LogP contribution in [0.4, 0.5) is 0 Å². The number of aliphatic carboxylic acids is 1. The summed E-state index contributed by atoms with van der Waals surface area (Å²) in [6.45, 7) is 3.56. The Bertz CT molecular complexity index is 1380. The topological polar surface area (TPSA) is 155 Å². The van der Waals surface area contributed by atoms with Crippen molar-refractivity contribution in [3.63, 3.8) is 0 Å². The average molecular weight is 872 g/mol. The van der Waals surface area contributed by atoms with Crippen LogP contribution in [0.1, 0.15) is 155 Å². The number of carbonyl (C=O) groups is 2. The molecule has 0 aromatic carbocycles. The second-order valence-corrected chi connectivity index (χ2v) is 16.2. The molecule has 0 spiro atoms. The largest absolute Gasteiger partial charge is 0.480 e. The van der Waals surface area contributed by atoms with Crippen LogP contribution in [0.3, 0.4) is 0 Å². The van der Waals surface area contributed by atoms with Gasteiger partial charge in [0.2, 0.25) is 0 Å². The van der Waals surface area contributed by atoms with Crippen molar-refractivity contribution < 1.29 is 42.7 Å². The Balaban J connectivity index is 4.33. The molecule has 0 aliphatic carbocycles. The molecule has 0 aliphatic rings. The Hall–Kier alpha value is -3.37. The average Bonchev–Trinajstić information content (AvgIpc) is 3.24. The Labute approximate surface area is 370 Å². The van der Waals surface area contributed by atoms with Gasteiger partial charge in [0.25, 0.3) is 0 Å². The van der Waals surface area contributed by atoms with Gasteiger partial charge in [-0.3, -0.25) is 18.6 Å². The van der Waals surface area contributed by atoms with Gasteiger partial charge in [-0.1, -0.05) is 162 Å². The predicted octanol–water partition coefficient (Wildman–Crippen LogP) is 13.1. The van der Waals surface area contributed by atoms with E-state index >= 15 is 0 Å². The number of carboxylic acids is 1. The molecule has 0 aliphatic heterocycles. The SMILES string of the molecule is CC/C=C\C/C=C\C/C=C\C/C=C\C/C=C\CCCCCC(=O)OC(COCCCCCCCCC/C=C\C/C=C\C/C=C\C/C=C\CC)COP(=O)(O)OCC(N)C(=O)O. The van der Waals surface area contributed by atoms with E-state index in [1.807, 2.05) is 0 Å². The Morgan fingerprint density at radius 1 is 0.525 bits per heavy atom. The second-order valence-electron chi connectivity index (χ2n) is 14.8. The Morgan fingerprint density at radius 3 is 1.34 bits per heavy atom. The first-order valence-electron chi connectivity index (χ1n) is 22.9. The fraction of sp³-hybridized carbons (Fsp3) is 0.600. The van der Waals surface area contributed by atoms with Gasteiger partial charge < -0.3 is 25.2 Å². The van der Waals surface area contributed by atoms with E-state index in [0.717, 1.165) is 103 Å². The maximum absolute atomic E-state index is 12.7. The predicted molar refractivity (Wildman–Crippen MR) is 253 cm³/mol. The molecule has 4 N–H and O–H groups in total. The van der Waals surface area contributed by atoms with E-state index in [4.69, 9.17) is 29.4 Å². The summed E-state index contributed by atoms with van der Waals surface area (Å²) in [5, 5.41) is 8.91. The number of rotatable bonds is 42. The summed E-state index contributed by atoms with van der Waals surface area (Å²) in [5.74, 6) is -1.83. The number of allylic oxidation sites excluding steroid dienone is 18. The van der Waals surface area contributed by atoms with Crippen LogP contribution in [0.2, 0.25) is 0 Å². The normalized spacial score (nSPS) is 14.8. The van der Waals surface area contributed by atoms with E-state index < -0.39 is 45.1 Å². The minimum Gasteiger partial charge on any atom is -0.480 e. The molecule has 0 radical (unpaired) electrons. The van der Waals surface area contributed by atoms with Crippen molar-refractivity contribution in [1.29, 1.82) is 0 Å². The fourth-order valence-corrected chi connectivity index (χ4v) is 6.34. The zero-order valence-electron chi connectivity index (χ0n) is 37.7. The van der Waals surface area contributed by atoms with Crippen LogP contribution in [0.25, 0.3) is 0 Å². The lowest BCUT2D eigenvalue weighted by atomic mass is 10.1. The molecular formula is C50H82NO9P. The van der Waals surface area contributed by atoms with Crippen molar-refractivity contribution in [2.24, 2.45) is 5.73 Å². The molecule has 10 nitrogen and oxygen atoms in total. The van der Waals surface area contributed by atoms with Crippen LogP contribution in [0.5, 0.6) is 0 Å². The number of carbonyl (C=O) groups excluding carboxylic acids is 1. The summed E-state index contributed by atoms with van der Waals surface area (Å²) in [7, 11) is -4.64. The van der Waals surface area contributed by atoms with E-state index in [1.54, 1.807) is 0 Å². The second kappa shape index (κ2) is 44.7. The smallest absolute Gasteiger partial charge is 0.472 e. The maximum Gasteiger partial charge on any atom is 0.472 e. The highest BCUT2D eigenvalue weighted by molar-refractivity contribution is 7.47. The summed E-state index contributed by atoms with van der Waals surface area (Å²) < 4.78 is 33.4. The van der Waals surface area contributed by atoms with Gasteiger partial charge in [0.15, 0.2) is 0 Å². The van der Waals surface area contributed by atoms with Crippen molar-refractivity contribution in [1.82, 2.24) is 0 Å². The highest BCUT2D eigenvalue weighted by Gasteiger charge is 2.27. The van der Waals surface area contributed by atoms with Gasteiger partial charge in [-0.05, 0) is 96.3 Å². The molecule has 0 amide bonds. The molecule has 0 saturated heterocycles. The standard InChI is InChI=1S/C50H82NO9P/c1-3-5-7-9-11-13-15-17-19-21-23-25-27-29-31-33-35-37-39-41-43-57-44-47(45-58-61(55,56)59-46-48(51)50(53)54)60-49(52)42-40-38-36-34-32-30-28-26-24-22-20-18-16-14-12-10-8-6-4-2/h5-8,11-14,17-20,23-26,30,32,47-48H,3-4,9-10,15-16,21-22,27-29,31,33-46,51H2,1-2H3,(H,53,54)(H,55,56)/b7-5-,8-6-,13-11-,14-12-,19-17-,20-18-,25-23-,26-24-,32-30-. The van der Waals surface area contributed by atoms with Gasteiger partial charge >= 0.3 is 19.8 Å². The van der Waals surface area contributed by atoms with Crippen molar-refractivity contribution in [3.8, 4) is 0 Å². The number of hydrogen-bond donors (Lipinski definition) is 3. The molecule has 0 saturated carbocycles. The lowest BCUT2D eigenvalue weighted by molar-refractivity contribution is -0.154. The zero-order valence-corrected chi connectivity index (χ0v) is 38.6. The number of carboxylic acid groups (broad SMARTS) is 1. The number of nitrogens with two attached hydrogens (primary N) is 1. The fourth-order valence-electron chi connectivity index (χ4n) is 5.56. The van der Waals surface area contributed by atoms with Gasteiger partial charge in [0.05, 0.1) is 19.8 Å². The van der Waals surface area contributed by atoms with Gasteiger partial charge in [0, 0.05) is 13.0 Å². The van der Waals surface area contributed by atoms with Crippen LogP contribution in [-0.2, 0) is 32.7 Å². The lowest BCUT2D eigenvalue weighted by Crippen LogP contribution is -2.34. The van der Waals surface area contributed by atoms with E-state index in [2.05, 4.69) is 123 Å². The molecule has 0 bridgehead atoms. The number of phosphoric ester groups is 1. The monoisotopic (exact) mass is 872 g/mol. The van der Waals surface area contributed by atoms with Gasteiger partial charge in [-0.15, -0.1) is 0 Å². The summed E-state index contributed by atoms with van der Waals surface area (Å²) >= 11 is 0. The third kappa shape index (κ3) is 44.5. The molecule has 3 unspecified atom stereocenters.